The molecule has 0 bridgehead atoms. The van der Waals surface area contributed by atoms with Crippen molar-refractivity contribution in [3.05, 3.63) is 0 Å². The number of aldehydes is 1. The second kappa shape index (κ2) is 3.36. The normalized spacial score (nSPS) is 26.4. The lowest BCUT2D eigenvalue weighted by atomic mass is 10.2. The lowest BCUT2D eigenvalue weighted by Gasteiger charge is -2.19. The molecule has 4 heteroatoms. The van der Waals surface area contributed by atoms with E-state index < -0.39 is 11.7 Å². The van der Waals surface area contributed by atoms with E-state index in [4.69, 9.17) is 4.74 Å². The van der Waals surface area contributed by atoms with Crippen LogP contribution in [-0.2, 0) is 9.53 Å². The van der Waals surface area contributed by atoms with Crippen LogP contribution in [0.1, 0.15) is 27.2 Å². The zero-order chi connectivity index (χ0) is 10.1. The predicted molar refractivity (Wildman–Crippen MR) is 47.3 cm³/mol. The highest BCUT2D eigenvalue weighted by molar-refractivity contribution is 5.71. The number of carbonyl (C=O) groups excluding carboxylic acids is 2. The van der Waals surface area contributed by atoms with Crippen LogP contribution in [0.25, 0.3) is 0 Å². The number of hydrogen-bond acceptors (Lipinski definition) is 3. The van der Waals surface area contributed by atoms with E-state index in [1.165, 1.54) is 0 Å². The summed E-state index contributed by atoms with van der Waals surface area (Å²) in [5.41, 5.74) is -0.477. The zero-order valence-corrected chi connectivity index (χ0v) is 8.16. The summed E-state index contributed by atoms with van der Waals surface area (Å²) < 4.78 is 5.02. The number of rotatable bonds is 2. The average Bonchev–Trinajstić information content (AvgIpc) is 2.62. The molecule has 0 aromatic carbocycles. The maximum atomic E-state index is 11.1. The minimum Gasteiger partial charge on any atom is -0.444 e. The molecule has 1 saturated carbocycles. The van der Waals surface area contributed by atoms with Gasteiger partial charge in [0.15, 0.2) is 0 Å². The Labute approximate surface area is 77.6 Å². The molecule has 1 amide bonds. The molecule has 0 aromatic heterocycles. The van der Waals surface area contributed by atoms with E-state index in [9.17, 15) is 9.59 Å². The predicted octanol–water partition coefficient (Wildman–Crippen LogP) is 1.10. The molecule has 2 unspecified atom stereocenters. The Bertz CT molecular complexity index is 219. The van der Waals surface area contributed by atoms with E-state index in [1.54, 1.807) is 20.8 Å². The molecule has 74 valence electrons. The van der Waals surface area contributed by atoms with Crippen LogP contribution < -0.4 is 5.32 Å². The summed E-state index contributed by atoms with van der Waals surface area (Å²) in [6, 6.07) is -0.00708. The molecule has 1 N–H and O–H groups in total. The van der Waals surface area contributed by atoms with Gasteiger partial charge >= 0.3 is 6.09 Å². The van der Waals surface area contributed by atoms with Gasteiger partial charge in [-0.25, -0.2) is 4.79 Å². The fraction of sp³-hybridized carbons (Fsp3) is 0.778. The van der Waals surface area contributed by atoms with Crippen molar-refractivity contribution in [3.63, 3.8) is 0 Å². The van der Waals surface area contributed by atoms with E-state index in [-0.39, 0.29) is 12.0 Å². The minimum absolute atomic E-state index is 0.00693. The van der Waals surface area contributed by atoms with Gasteiger partial charge in [0.2, 0.25) is 0 Å². The molecule has 0 aliphatic heterocycles. The number of ether oxygens (including phenoxy) is 1. The molecule has 1 aliphatic carbocycles. The van der Waals surface area contributed by atoms with Crippen LogP contribution in [-0.4, -0.2) is 24.0 Å². The van der Waals surface area contributed by atoms with Crippen LogP contribution in [0.5, 0.6) is 0 Å². The van der Waals surface area contributed by atoms with Crippen molar-refractivity contribution < 1.29 is 14.3 Å². The number of nitrogens with one attached hydrogen (secondary N) is 1. The highest BCUT2D eigenvalue weighted by Gasteiger charge is 2.38. The zero-order valence-electron chi connectivity index (χ0n) is 8.16. The van der Waals surface area contributed by atoms with Gasteiger partial charge < -0.3 is 14.8 Å². The van der Waals surface area contributed by atoms with E-state index >= 15 is 0 Å². The molecular formula is C9H15NO3. The lowest BCUT2D eigenvalue weighted by molar-refractivity contribution is -0.108. The van der Waals surface area contributed by atoms with Crippen molar-refractivity contribution in [2.45, 2.75) is 38.8 Å². The van der Waals surface area contributed by atoms with Gasteiger partial charge in [0.05, 0.1) is 0 Å². The summed E-state index contributed by atoms with van der Waals surface area (Å²) >= 11 is 0. The van der Waals surface area contributed by atoms with Crippen molar-refractivity contribution >= 4 is 12.4 Å². The van der Waals surface area contributed by atoms with E-state index in [0.717, 1.165) is 12.7 Å². The number of carbonyl (C=O) groups is 2. The lowest BCUT2D eigenvalue weighted by Crippen LogP contribution is -2.34. The van der Waals surface area contributed by atoms with Gasteiger partial charge in [-0.3, -0.25) is 0 Å². The first-order valence-corrected chi connectivity index (χ1v) is 4.37. The molecule has 0 aromatic rings. The summed E-state index contributed by atoms with van der Waals surface area (Å²) in [7, 11) is 0. The molecule has 4 nitrogen and oxygen atoms in total. The second-order valence-electron chi connectivity index (χ2n) is 4.29. The summed E-state index contributed by atoms with van der Waals surface area (Å²) in [5.74, 6) is -0.00693. The third-order valence-electron chi connectivity index (χ3n) is 1.72. The third-order valence-corrected chi connectivity index (χ3v) is 1.72. The summed E-state index contributed by atoms with van der Waals surface area (Å²) in [6.07, 6.45) is 1.16. The maximum absolute atomic E-state index is 11.1. The van der Waals surface area contributed by atoms with E-state index in [2.05, 4.69) is 5.32 Å². The smallest absolute Gasteiger partial charge is 0.407 e. The number of hydrogen-bond donors (Lipinski definition) is 1. The fourth-order valence-electron chi connectivity index (χ4n) is 0.990. The Morgan fingerprint density at radius 1 is 1.54 bits per heavy atom. The fourth-order valence-corrected chi connectivity index (χ4v) is 0.990. The van der Waals surface area contributed by atoms with Gasteiger partial charge in [0, 0.05) is 12.0 Å². The van der Waals surface area contributed by atoms with Gasteiger partial charge in [0.25, 0.3) is 0 Å². The largest absolute Gasteiger partial charge is 0.444 e. The van der Waals surface area contributed by atoms with Gasteiger partial charge in [-0.05, 0) is 27.2 Å². The van der Waals surface area contributed by atoms with Crippen LogP contribution in [0.3, 0.4) is 0 Å². The standard InChI is InChI=1S/C9H15NO3/c1-9(2,3)13-8(12)10-7-4-6(7)5-11/h5-7H,4H2,1-3H3,(H,10,12). The summed E-state index contributed by atoms with van der Waals surface area (Å²) in [6.45, 7) is 5.41. The first kappa shape index (κ1) is 10.0. The molecule has 2 atom stereocenters. The molecule has 1 aliphatic rings. The molecular weight excluding hydrogens is 170 g/mol. The van der Waals surface area contributed by atoms with Crippen LogP contribution >= 0.6 is 0 Å². The van der Waals surface area contributed by atoms with Crippen LogP contribution in [0.4, 0.5) is 4.79 Å². The van der Waals surface area contributed by atoms with Gasteiger partial charge in [-0.15, -0.1) is 0 Å². The van der Waals surface area contributed by atoms with Crippen molar-refractivity contribution in [3.8, 4) is 0 Å². The topological polar surface area (TPSA) is 55.4 Å². The quantitative estimate of drug-likeness (QED) is 0.655. The first-order valence-electron chi connectivity index (χ1n) is 4.37. The molecule has 0 heterocycles. The third kappa shape index (κ3) is 3.44. The van der Waals surface area contributed by atoms with Crippen molar-refractivity contribution in [1.29, 1.82) is 0 Å². The maximum Gasteiger partial charge on any atom is 0.407 e. The molecule has 1 fully saturated rings. The van der Waals surface area contributed by atoms with Crippen LogP contribution in [0.2, 0.25) is 0 Å². The Morgan fingerprint density at radius 2 is 2.15 bits per heavy atom. The number of amides is 1. The molecule has 1 rings (SSSR count). The molecule has 0 radical (unpaired) electrons. The van der Waals surface area contributed by atoms with Gasteiger partial charge in [-0.1, -0.05) is 0 Å². The number of alkyl carbamates (subject to hydrolysis) is 1. The Kier molecular flexibility index (Phi) is 2.59. The van der Waals surface area contributed by atoms with Crippen LogP contribution in [0.15, 0.2) is 0 Å². The molecule has 0 spiro atoms. The second-order valence-corrected chi connectivity index (χ2v) is 4.29. The highest BCUT2D eigenvalue weighted by Crippen LogP contribution is 2.27. The van der Waals surface area contributed by atoms with Crippen LogP contribution in [0, 0.1) is 5.92 Å². The minimum atomic E-state index is -0.477. The van der Waals surface area contributed by atoms with E-state index in [1.807, 2.05) is 0 Å². The Hall–Kier alpha value is -1.06. The summed E-state index contributed by atoms with van der Waals surface area (Å²) in [4.78, 5) is 21.4. The molecule has 0 saturated heterocycles. The first-order chi connectivity index (χ1) is 5.92. The van der Waals surface area contributed by atoms with Crippen molar-refractivity contribution in [1.82, 2.24) is 5.32 Å². The SMILES string of the molecule is CC(C)(C)OC(=O)NC1CC1C=O. The van der Waals surface area contributed by atoms with Crippen molar-refractivity contribution in [2.24, 2.45) is 5.92 Å². The summed E-state index contributed by atoms with van der Waals surface area (Å²) in [5, 5.41) is 2.62. The Balaban J connectivity index is 2.23. The monoisotopic (exact) mass is 185 g/mol. The highest BCUT2D eigenvalue weighted by atomic mass is 16.6. The Morgan fingerprint density at radius 3 is 2.54 bits per heavy atom. The average molecular weight is 185 g/mol. The van der Waals surface area contributed by atoms with Crippen molar-refractivity contribution in [2.75, 3.05) is 0 Å². The van der Waals surface area contributed by atoms with Gasteiger partial charge in [0.1, 0.15) is 11.9 Å². The molecule has 13 heavy (non-hydrogen) atoms. The van der Waals surface area contributed by atoms with Gasteiger partial charge in [-0.2, -0.15) is 0 Å². The van der Waals surface area contributed by atoms with E-state index in [0.29, 0.717) is 0 Å².